The predicted molar refractivity (Wildman–Crippen MR) is 44.4 cm³/mol. The Hall–Kier alpha value is -0.370. The van der Waals surface area contributed by atoms with Crippen LogP contribution in [0.3, 0.4) is 0 Å². The first-order valence-corrected chi connectivity index (χ1v) is 6.29. The molecule has 0 fully saturated rings. The second-order valence-electron chi connectivity index (χ2n) is 2.85. The molecule has 0 aliphatic heterocycles. The molecular weight excluding hydrogens is 343 g/mol. The van der Waals surface area contributed by atoms with Crippen molar-refractivity contribution in [2.24, 2.45) is 0 Å². The summed E-state index contributed by atoms with van der Waals surface area (Å²) in [6.07, 6.45) is -6.46. The topological polar surface area (TPSA) is 43.4 Å². The third-order valence-corrected chi connectivity index (χ3v) is 3.73. The van der Waals surface area contributed by atoms with Crippen LogP contribution >= 0.6 is 12.0 Å². The maximum atomic E-state index is 12.7. The fourth-order valence-electron chi connectivity index (χ4n) is 0.650. The van der Waals surface area contributed by atoms with Crippen LogP contribution in [0.4, 0.5) is 39.5 Å². The monoisotopic (exact) mass is 346 g/mol. The zero-order valence-corrected chi connectivity index (χ0v) is 10.1. The van der Waals surface area contributed by atoms with E-state index in [2.05, 4.69) is 3.63 Å². The maximum absolute atomic E-state index is 12.7. The van der Waals surface area contributed by atoms with Crippen LogP contribution in [-0.4, -0.2) is 37.9 Å². The summed E-state index contributed by atoms with van der Waals surface area (Å²) in [4.78, 5) is 0. The van der Waals surface area contributed by atoms with E-state index >= 15 is 0 Å². The Morgan fingerprint density at radius 3 is 1.47 bits per heavy atom. The first-order chi connectivity index (χ1) is 8.06. The number of hydrogen-bond acceptors (Lipinski definition) is 4. The molecule has 116 valence electrons. The molecule has 0 atom stereocenters. The van der Waals surface area contributed by atoms with Gasteiger partial charge in [-0.2, -0.15) is 51.6 Å². The quantitative estimate of drug-likeness (QED) is 0.567. The molecule has 3 nitrogen and oxygen atoms in total. The van der Waals surface area contributed by atoms with E-state index in [9.17, 15) is 47.9 Å². The van der Waals surface area contributed by atoms with Crippen LogP contribution in [0.1, 0.15) is 0 Å². The number of rotatable bonds is 5. The van der Waals surface area contributed by atoms with Crippen LogP contribution in [0.5, 0.6) is 0 Å². The Morgan fingerprint density at radius 2 is 1.21 bits per heavy atom. The second-order valence-corrected chi connectivity index (χ2v) is 5.15. The van der Waals surface area contributed by atoms with Crippen molar-refractivity contribution in [3.05, 3.63) is 0 Å². The number of alkyl halides is 9. The summed E-state index contributed by atoms with van der Waals surface area (Å²) in [7, 11) is -6.71. The van der Waals surface area contributed by atoms with Crippen molar-refractivity contribution >= 4 is 22.2 Å². The fourth-order valence-corrected chi connectivity index (χ4v) is 2.15. The summed E-state index contributed by atoms with van der Waals surface area (Å²) in [6.45, 7) is 0. The molecule has 0 radical (unpaired) electrons. The van der Waals surface area contributed by atoms with Gasteiger partial charge in [-0.25, -0.2) is 0 Å². The van der Waals surface area contributed by atoms with Gasteiger partial charge in [0.25, 0.3) is 0 Å². The van der Waals surface area contributed by atoms with Crippen LogP contribution in [0.2, 0.25) is 0 Å². The highest BCUT2D eigenvalue weighted by Gasteiger charge is 2.85. The summed E-state index contributed by atoms with van der Waals surface area (Å²) >= 11 is -0.458. The van der Waals surface area contributed by atoms with Gasteiger partial charge in [0.05, 0.1) is 0 Å². The summed E-state index contributed by atoms with van der Waals surface area (Å²) in [5, 5.41) is -6.79. The van der Waals surface area contributed by atoms with E-state index in [0.29, 0.717) is 6.26 Å². The predicted octanol–water partition coefficient (Wildman–Crippen LogP) is 3.04. The molecule has 0 N–H and O–H groups in total. The minimum Gasteiger partial charge on any atom is -0.193 e. The van der Waals surface area contributed by atoms with Gasteiger partial charge in [0.2, 0.25) is 0 Å². The molecule has 19 heavy (non-hydrogen) atoms. The smallest absolute Gasteiger partial charge is 0.193 e. The first-order valence-electron chi connectivity index (χ1n) is 3.73. The molecule has 0 aromatic heterocycles. The number of hydrogen-bond donors (Lipinski definition) is 0. The highest BCUT2D eigenvalue weighted by Crippen LogP contribution is 2.55. The zero-order chi connectivity index (χ0) is 15.9. The van der Waals surface area contributed by atoms with E-state index in [-0.39, 0.29) is 0 Å². The van der Waals surface area contributed by atoms with Gasteiger partial charge < -0.3 is 0 Å². The highest BCUT2D eigenvalue weighted by molar-refractivity contribution is 8.04. The van der Waals surface area contributed by atoms with Crippen molar-refractivity contribution < 1.29 is 51.6 Å². The van der Waals surface area contributed by atoms with Crippen molar-refractivity contribution in [1.29, 1.82) is 0 Å². The van der Waals surface area contributed by atoms with Gasteiger partial charge in [-0.1, -0.05) is 0 Å². The maximum Gasteiger partial charge on any atom is 0.460 e. The van der Waals surface area contributed by atoms with Crippen molar-refractivity contribution in [3.63, 3.8) is 0 Å². The van der Waals surface area contributed by atoms with Crippen LogP contribution < -0.4 is 0 Å². The summed E-state index contributed by atoms with van der Waals surface area (Å²) < 4.78 is 134. The van der Waals surface area contributed by atoms with E-state index in [1.54, 1.807) is 0 Å². The van der Waals surface area contributed by atoms with Gasteiger partial charge in [-0.3, -0.25) is 0 Å². The lowest BCUT2D eigenvalue weighted by molar-refractivity contribution is -0.382. The van der Waals surface area contributed by atoms with Crippen molar-refractivity contribution in [3.8, 4) is 0 Å². The largest absolute Gasteiger partial charge is 0.460 e. The minimum absolute atomic E-state index is 0.458. The summed E-state index contributed by atoms with van der Waals surface area (Å²) in [6, 6.07) is 0. The first kappa shape index (κ1) is 18.6. The molecule has 0 unspecified atom stereocenters. The van der Waals surface area contributed by atoms with Gasteiger partial charge in [0.1, 0.15) is 0 Å². The van der Waals surface area contributed by atoms with Gasteiger partial charge in [0, 0.05) is 18.3 Å². The normalized spacial score (nSPS) is 15.7. The Bertz CT molecular complexity index is 426. The molecule has 0 bridgehead atoms. The van der Waals surface area contributed by atoms with Gasteiger partial charge >= 0.3 is 33.4 Å². The summed E-state index contributed by atoms with van der Waals surface area (Å²) in [5.74, 6) is -14.5. The van der Waals surface area contributed by atoms with Gasteiger partial charge in [-0.15, -0.1) is 0 Å². The van der Waals surface area contributed by atoms with Crippen LogP contribution in [0, 0.1) is 0 Å². The molecule has 0 aliphatic carbocycles. The van der Waals surface area contributed by atoms with Crippen LogP contribution in [0.15, 0.2) is 0 Å². The van der Waals surface area contributed by atoms with Gasteiger partial charge in [-0.05, 0) is 0 Å². The Labute approximate surface area is 104 Å². The Morgan fingerprint density at radius 1 is 0.842 bits per heavy atom. The zero-order valence-electron chi connectivity index (χ0n) is 8.44. The second kappa shape index (κ2) is 4.87. The van der Waals surface area contributed by atoms with Crippen molar-refractivity contribution in [1.82, 2.24) is 0 Å². The van der Waals surface area contributed by atoms with Gasteiger partial charge in [0.15, 0.2) is 0 Å². The Kier molecular flexibility index (Phi) is 4.78. The standard InChI is InChI=1S/C5H3F9O3S2/c1-18-17-19(15,16)5(13,14)3(8,9)2(6,7)4(10,11)12/h1H3. The molecule has 14 heteroatoms. The third-order valence-electron chi connectivity index (χ3n) is 1.59. The molecule has 0 aliphatic rings. The molecule has 0 heterocycles. The van der Waals surface area contributed by atoms with Crippen molar-refractivity contribution in [2.45, 2.75) is 23.3 Å². The highest BCUT2D eigenvalue weighted by atomic mass is 32.3. The van der Waals surface area contributed by atoms with E-state index in [1.165, 1.54) is 0 Å². The molecule has 0 saturated heterocycles. The lowest BCUT2D eigenvalue weighted by Gasteiger charge is -2.32. The molecular formula is C5H3F9O3S2. The molecule has 0 amide bonds. The summed E-state index contributed by atoms with van der Waals surface area (Å²) in [5.41, 5.74) is 0. The molecule has 0 spiro atoms. The van der Waals surface area contributed by atoms with E-state index < -0.39 is 45.4 Å². The van der Waals surface area contributed by atoms with Crippen LogP contribution in [-0.2, 0) is 13.7 Å². The van der Waals surface area contributed by atoms with Crippen LogP contribution in [0.25, 0.3) is 0 Å². The third kappa shape index (κ3) is 2.74. The van der Waals surface area contributed by atoms with E-state index in [1.807, 2.05) is 0 Å². The lowest BCUT2D eigenvalue weighted by Crippen LogP contribution is -2.63. The van der Waals surface area contributed by atoms with E-state index in [4.69, 9.17) is 0 Å². The Balaban J connectivity index is 5.92. The molecule has 0 aromatic rings. The SMILES string of the molecule is CSOS(=O)(=O)C(F)(F)C(F)(F)C(F)(F)C(F)(F)F. The average Bonchev–Trinajstić information content (AvgIpc) is 2.14. The number of halogens is 9. The lowest BCUT2D eigenvalue weighted by atomic mass is 10.1. The van der Waals surface area contributed by atoms with Crippen molar-refractivity contribution in [2.75, 3.05) is 6.26 Å². The fraction of sp³-hybridized carbons (Fsp3) is 1.00. The van der Waals surface area contributed by atoms with E-state index in [0.717, 1.165) is 0 Å². The average molecular weight is 346 g/mol. The molecule has 0 rings (SSSR count). The molecule has 0 aromatic carbocycles. The molecule has 0 saturated carbocycles. The minimum atomic E-state index is -7.28.